The Hall–Kier alpha value is -2.66. The van der Waals surface area contributed by atoms with Crippen LogP contribution in [0.1, 0.15) is 38.7 Å². The van der Waals surface area contributed by atoms with Crippen LogP contribution in [0.15, 0.2) is 52.4 Å². The number of aromatic hydroxyl groups is 1. The van der Waals surface area contributed by atoms with E-state index in [-0.39, 0.29) is 11.6 Å². The molecule has 1 aromatic rings. The van der Waals surface area contributed by atoms with Crippen LogP contribution in [0.25, 0.3) is 0 Å². The van der Waals surface area contributed by atoms with Crippen molar-refractivity contribution >= 4 is 23.4 Å². The number of guanidine groups is 1. The highest BCUT2D eigenvalue weighted by molar-refractivity contribution is 6.29. The van der Waals surface area contributed by atoms with Gasteiger partial charge in [-0.1, -0.05) is 31.2 Å². The van der Waals surface area contributed by atoms with E-state index in [1.54, 1.807) is 32.3 Å². The molecule has 218 valence electrons. The molecule has 0 aliphatic carbocycles. The van der Waals surface area contributed by atoms with Gasteiger partial charge in [0, 0.05) is 68.7 Å². The summed E-state index contributed by atoms with van der Waals surface area (Å²) in [4.78, 5) is 15.5. The van der Waals surface area contributed by atoms with E-state index >= 15 is 0 Å². The Labute approximate surface area is 238 Å². The zero-order valence-electron chi connectivity index (χ0n) is 23.8. The van der Waals surface area contributed by atoms with E-state index in [0.717, 1.165) is 57.5 Å². The lowest BCUT2D eigenvalue weighted by Gasteiger charge is -2.47. The highest BCUT2D eigenvalue weighted by atomic mass is 35.5. The quantitative estimate of drug-likeness (QED) is 0.205. The van der Waals surface area contributed by atoms with Gasteiger partial charge in [-0.25, -0.2) is 9.37 Å². The molecule has 11 heteroatoms. The lowest BCUT2D eigenvalue weighted by atomic mass is 9.97. The van der Waals surface area contributed by atoms with Gasteiger partial charge in [0.15, 0.2) is 17.5 Å². The number of allylic oxidation sites excluding steroid dienone is 3. The molecule has 1 aromatic heterocycles. The molecule has 0 saturated carbocycles. The molecule has 2 fully saturated rings. The standard InChI is InChI=1S/C27H41ClFN7O.CH5N/c1-5-21(24(29)13-19(3)28)17-34-9-7-23(8-10-34)36-12-11-35(18-22(36)6-2)26-25(37)14-20(15-32-26)16-33-27(30)31-4;1-2/h5,13-15,22-23,37H,1,6-12,16-18H2,2-4H3,(H3,30,31,33);2H2,1H3/b19-13+,24-21-;. The molecule has 0 amide bonds. The number of aromatic nitrogens is 1. The summed E-state index contributed by atoms with van der Waals surface area (Å²) in [5.74, 6) is 0.841. The number of piperidine rings is 1. The minimum Gasteiger partial charge on any atom is -0.504 e. The number of likely N-dealkylation sites (tertiary alicyclic amines) is 1. The molecular weight excluding hydrogens is 519 g/mol. The molecule has 1 atom stereocenters. The Morgan fingerprint density at radius 1 is 1.31 bits per heavy atom. The third-order valence-corrected chi connectivity index (χ3v) is 7.33. The van der Waals surface area contributed by atoms with Gasteiger partial charge in [0.2, 0.25) is 0 Å². The first-order valence-electron chi connectivity index (χ1n) is 13.5. The minimum atomic E-state index is -0.313. The van der Waals surface area contributed by atoms with Gasteiger partial charge < -0.3 is 26.8 Å². The van der Waals surface area contributed by atoms with Crippen molar-refractivity contribution in [2.45, 2.75) is 51.7 Å². The number of nitrogens with two attached hydrogens (primary N) is 2. The third-order valence-electron chi connectivity index (χ3n) is 7.22. The summed E-state index contributed by atoms with van der Waals surface area (Å²) in [6.07, 6.45) is 7.82. The molecule has 0 bridgehead atoms. The summed E-state index contributed by atoms with van der Waals surface area (Å²) >= 11 is 5.84. The third kappa shape index (κ3) is 9.49. The van der Waals surface area contributed by atoms with Gasteiger partial charge in [0.1, 0.15) is 5.83 Å². The fourth-order valence-corrected chi connectivity index (χ4v) is 5.26. The first-order valence-corrected chi connectivity index (χ1v) is 13.9. The highest BCUT2D eigenvalue weighted by Gasteiger charge is 2.34. The zero-order chi connectivity index (χ0) is 28.9. The molecule has 3 rings (SSSR count). The molecule has 2 aliphatic rings. The second-order valence-corrected chi connectivity index (χ2v) is 10.3. The molecule has 0 spiro atoms. The van der Waals surface area contributed by atoms with Crippen LogP contribution in [0, 0.1) is 0 Å². The Bertz CT molecular complexity index is 1020. The van der Waals surface area contributed by atoms with E-state index in [0.29, 0.717) is 47.6 Å². The summed E-state index contributed by atoms with van der Waals surface area (Å²) in [5.41, 5.74) is 11.6. The average molecular weight is 565 g/mol. The number of anilines is 1. The van der Waals surface area contributed by atoms with Crippen molar-refractivity contribution in [1.82, 2.24) is 20.1 Å². The van der Waals surface area contributed by atoms with Gasteiger partial charge in [-0.2, -0.15) is 0 Å². The lowest BCUT2D eigenvalue weighted by Crippen LogP contribution is -2.58. The van der Waals surface area contributed by atoms with E-state index in [1.807, 2.05) is 0 Å². The fraction of sp³-hybridized carbons (Fsp3) is 0.571. The molecule has 3 heterocycles. The van der Waals surface area contributed by atoms with Crippen LogP contribution in [0.5, 0.6) is 5.75 Å². The van der Waals surface area contributed by atoms with E-state index in [1.165, 1.54) is 13.1 Å². The van der Waals surface area contributed by atoms with Crippen LogP contribution in [0.3, 0.4) is 0 Å². The maximum atomic E-state index is 14.4. The molecule has 0 radical (unpaired) electrons. The first kappa shape index (κ1) is 32.6. The molecule has 6 N–H and O–H groups in total. The molecular formula is C28H46ClFN8O. The fourth-order valence-electron chi connectivity index (χ4n) is 5.16. The number of nitrogens with zero attached hydrogens (tertiary/aromatic N) is 5. The number of hydrogen-bond donors (Lipinski definition) is 4. The van der Waals surface area contributed by atoms with Crippen LogP contribution in [0.2, 0.25) is 0 Å². The van der Waals surface area contributed by atoms with E-state index < -0.39 is 0 Å². The van der Waals surface area contributed by atoms with Crippen molar-refractivity contribution in [3.05, 3.63) is 53.0 Å². The highest BCUT2D eigenvalue weighted by Crippen LogP contribution is 2.30. The summed E-state index contributed by atoms with van der Waals surface area (Å²) in [5, 5.41) is 14.1. The van der Waals surface area contributed by atoms with E-state index in [4.69, 9.17) is 17.3 Å². The van der Waals surface area contributed by atoms with Gasteiger partial charge in [-0.3, -0.25) is 14.8 Å². The van der Waals surface area contributed by atoms with Crippen molar-refractivity contribution in [2.24, 2.45) is 16.5 Å². The Morgan fingerprint density at radius 3 is 2.56 bits per heavy atom. The lowest BCUT2D eigenvalue weighted by molar-refractivity contribution is 0.0657. The van der Waals surface area contributed by atoms with Crippen LogP contribution in [0.4, 0.5) is 10.2 Å². The van der Waals surface area contributed by atoms with Crippen LogP contribution < -0.4 is 21.7 Å². The molecule has 1 unspecified atom stereocenters. The van der Waals surface area contributed by atoms with Gasteiger partial charge in [-0.15, -0.1) is 0 Å². The van der Waals surface area contributed by atoms with Crippen molar-refractivity contribution in [2.75, 3.05) is 58.3 Å². The number of hydrogen-bond acceptors (Lipinski definition) is 7. The van der Waals surface area contributed by atoms with Crippen LogP contribution in [-0.2, 0) is 6.54 Å². The molecule has 0 aromatic carbocycles. The van der Waals surface area contributed by atoms with Gasteiger partial charge in [-0.05, 0) is 64.0 Å². The van der Waals surface area contributed by atoms with Crippen molar-refractivity contribution in [3.8, 4) is 5.75 Å². The van der Waals surface area contributed by atoms with Crippen molar-refractivity contribution in [3.63, 3.8) is 0 Å². The summed E-state index contributed by atoms with van der Waals surface area (Å²) in [6, 6.07) is 2.61. The van der Waals surface area contributed by atoms with E-state index in [2.05, 4.69) is 49.2 Å². The molecule has 9 nitrogen and oxygen atoms in total. The Morgan fingerprint density at radius 2 is 2.00 bits per heavy atom. The maximum absolute atomic E-state index is 14.4. The molecule has 2 aliphatic heterocycles. The van der Waals surface area contributed by atoms with E-state index in [9.17, 15) is 9.50 Å². The predicted octanol–water partition coefficient (Wildman–Crippen LogP) is 3.31. The zero-order valence-corrected chi connectivity index (χ0v) is 24.6. The van der Waals surface area contributed by atoms with Crippen molar-refractivity contribution in [1.29, 1.82) is 0 Å². The topological polar surface area (TPSA) is 119 Å². The monoisotopic (exact) mass is 564 g/mol. The summed E-state index contributed by atoms with van der Waals surface area (Å²) in [7, 11) is 3.12. The average Bonchev–Trinajstić information content (AvgIpc) is 2.95. The number of aliphatic imine (C=N–C) groups is 1. The number of rotatable bonds is 9. The Kier molecular flexibility index (Phi) is 13.7. The summed E-state index contributed by atoms with van der Waals surface area (Å²) < 4.78 is 14.4. The second kappa shape index (κ2) is 16.4. The smallest absolute Gasteiger partial charge is 0.188 e. The maximum Gasteiger partial charge on any atom is 0.188 e. The van der Waals surface area contributed by atoms with Gasteiger partial charge >= 0.3 is 0 Å². The predicted molar refractivity (Wildman–Crippen MR) is 161 cm³/mol. The number of piperazine rings is 1. The van der Waals surface area contributed by atoms with Crippen LogP contribution in [-0.4, -0.2) is 91.3 Å². The number of nitrogens with one attached hydrogen (secondary N) is 1. The Balaban J connectivity index is 0.00000260. The number of halogens is 2. The SMILES string of the molecule is C=C/C(CN1CCC(N2CCN(c3ncc(CNC(N)=NC)cc3O)CC2CC)CC1)=C(F)\C=C(/C)Cl.CN. The largest absolute Gasteiger partial charge is 0.504 e. The van der Waals surface area contributed by atoms with Crippen molar-refractivity contribution < 1.29 is 9.50 Å². The number of pyridine rings is 1. The van der Waals surface area contributed by atoms with Gasteiger partial charge in [0.25, 0.3) is 0 Å². The second-order valence-electron chi connectivity index (χ2n) is 9.71. The minimum absolute atomic E-state index is 0.181. The molecule has 39 heavy (non-hydrogen) atoms. The summed E-state index contributed by atoms with van der Waals surface area (Å²) in [6.45, 7) is 13.0. The van der Waals surface area contributed by atoms with Gasteiger partial charge in [0.05, 0.1) is 0 Å². The van der Waals surface area contributed by atoms with Crippen LogP contribution >= 0.6 is 11.6 Å². The molecule has 2 saturated heterocycles. The normalized spacial score (nSPS) is 20.7. The first-order chi connectivity index (χ1) is 18.7.